The van der Waals surface area contributed by atoms with Crippen LogP contribution in [0.5, 0.6) is 0 Å². The van der Waals surface area contributed by atoms with Crippen molar-refractivity contribution in [1.29, 1.82) is 0 Å². The number of aryl methyl sites for hydroxylation is 1. The molecule has 1 heterocycles. The van der Waals surface area contributed by atoms with Crippen molar-refractivity contribution in [2.45, 2.75) is 39.0 Å². The minimum atomic E-state index is 0.520. The first-order valence-corrected chi connectivity index (χ1v) is 7.39. The predicted molar refractivity (Wildman–Crippen MR) is 73.3 cm³/mol. The number of fused-ring (bicyclic) bond motifs is 1. The third kappa shape index (κ3) is 2.46. The van der Waals surface area contributed by atoms with E-state index in [0.717, 1.165) is 18.4 Å². The first-order valence-electron chi connectivity index (χ1n) is 7.39. The van der Waals surface area contributed by atoms with Crippen LogP contribution in [-0.2, 0) is 13.5 Å². The first kappa shape index (κ1) is 12.2. The second-order valence-corrected chi connectivity index (χ2v) is 6.54. The van der Waals surface area contributed by atoms with Gasteiger partial charge in [0.15, 0.2) is 0 Å². The molecule has 0 aromatic carbocycles. The molecule has 2 aliphatic rings. The highest BCUT2D eigenvalue weighted by Crippen LogP contribution is 2.60. The van der Waals surface area contributed by atoms with Crippen LogP contribution in [0.25, 0.3) is 0 Å². The maximum atomic E-state index is 4.31. The van der Waals surface area contributed by atoms with Crippen molar-refractivity contribution in [3.05, 3.63) is 18.0 Å². The molecule has 2 unspecified atom stereocenters. The zero-order chi connectivity index (χ0) is 12.6. The predicted octanol–water partition coefficient (Wildman–Crippen LogP) is 2.38. The summed E-state index contributed by atoms with van der Waals surface area (Å²) in [5.74, 6) is 2.09. The van der Waals surface area contributed by atoms with Crippen molar-refractivity contribution in [3.8, 4) is 0 Å². The SMILES string of the molecule is CCCNCC1(Cc2cnn(C)c2)CC2CC2C1. The average Bonchev–Trinajstić information content (AvgIpc) is 2.76. The minimum Gasteiger partial charge on any atom is -0.316 e. The Labute approximate surface area is 110 Å². The lowest BCUT2D eigenvalue weighted by atomic mass is 9.78. The second kappa shape index (κ2) is 4.69. The lowest BCUT2D eigenvalue weighted by Crippen LogP contribution is -2.35. The molecule has 3 heteroatoms. The Hall–Kier alpha value is -0.830. The zero-order valence-electron chi connectivity index (χ0n) is 11.7. The highest BCUT2D eigenvalue weighted by atomic mass is 15.2. The molecular weight excluding hydrogens is 222 g/mol. The fourth-order valence-corrected chi connectivity index (χ4v) is 3.88. The molecule has 2 atom stereocenters. The Morgan fingerprint density at radius 1 is 1.44 bits per heavy atom. The Morgan fingerprint density at radius 3 is 2.83 bits per heavy atom. The van der Waals surface area contributed by atoms with Crippen LogP contribution in [0, 0.1) is 17.3 Å². The molecule has 0 aliphatic heterocycles. The molecule has 18 heavy (non-hydrogen) atoms. The van der Waals surface area contributed by atoms with Crippen LogP contribution in [-0.4, -0.2) is 22.9 Å². The number of nitrogens with zero attached hydrogens (tertiary/aromatic N) is 2. The van der Waals surface area contributed by atoms with Crippen LogP contribution in [0.4, 0.5) is 0 Å². The smallest absolute Gasteiger partial charge is 0.0521 e. The highest BCUT2D eigenvalue weighted by molar-refractivity contribution is 5.13. The molecule has 0 amide bonds. The number of rotatable bonds is 6. The molecule has 3 rings (SSSR count). The maximum absolute atomic E-state index is 4.31. The lowest BCUT2D eigenvalue weighted by Gasteiger charge is -2.31. The van der Waals surface area contributed by atoms with Crippen molar-refractivity contribution < 1.29 is 0 Å². The van der Waals surface area contributed by atoms with Gasteiger partial charge in [-0.25, -0.2) is 0 Å². The molecule has 2 fully saturated rings. The molecule has 100 valence electrons. The van der Waals surface area contributed by atoms with Crippen LogP contribution in [0.2, 0.25) is 0 Å². The molecule has 0 radical (unpaired) electrons. The standard InChI is InChI=1S/C15H25N3/c1-3-4-16-11-15(7-13-5-14(13)8-15)6-12-9-17-18(2)10-12/h9-10,13-14,16H,3-8,11H2,1-2H3. The maximum Gasteiger partial charge on any atom is 0.0521 e. The molecule has 3 nitrogen and oxygen atoms in total. The third-order valence-corrected chi connectivity index (χ3v) is 4.72. The first-order chi connectivity index (χ1) is 8.71. The summed E-state index contributed by atoms with van der Waals surface area (Å²) in [5, 5.41) is 7.97. The molecule has 1 aromatic heterocycles. The number of aromatic nitrogens is 2. The molecular formula is C15H25N3. The lowest BCUT2D eigenvalue weighted by molar-refractivity contribution is 0.249. The molecule has 0 spiro atoms. The van der Waals surface area contributed by atoms with E-state index in [2.05, 4.69) is 23.5 Å². The molecule has 0 bridgehead atoms. The van der Waals surface area contributed by atoms with Crippen LogP contribution in [0.1, 0.15) is 38.2 Å². The van der Waals surface area contributed by atoms with E-state index in [-0.39, 0.29) is 0 Å². The Balaban J connectivity index is 1.65. The van der Waals surface area contributed by atoms with Gasteiger partial charge in [0.2, 0.25) is 0 Å². The van der Waals surface area contributed by atoms with Gasteiger partial charge in [-0.05, 0) is 61.5 Å². The van der Waals surface area contributed by atoms with Gasteiger partial charge in [0.05, 0.1) is 6.20 Å². The quantitative estimate of drug-likeness (QED) is 0.782. The van der Waals surface area contributed by atoms with Gasteiger partial charge in [-0.1, -0.05) is 6.92 Å². The van der Waals surface area contributed by atoms with E-state index in [1.165, 1.54) is 44.2 Å². The second-order valence-electron chi connectivity index (χ2n) is 6.54. The van der Waals surface area contributed by atoms with Gasteiger partial charge in [0, 0.05) is 19.8 Å². The van der Waals surface area contributed by atoms with Crippen molar-refractivity contribution in [3.63, 3.8) is 0 Å². The normalized spacial score (nSPS) is 33.7. The fourth-order valence-electron chi connectivity index (χ4n) is 3.88. The van der Waals surface area contributed by atoms with E-state index in [0.29, 0.717) is 5.41 Å². The number of hydrogen-bond donors (Lipinski definition) is 1. The van der Waals surface area contributed by atoms with Gasteiger partial charge in [0.1, 0.15) is 0 Å². The van der Waals surface area contributed by atoms with E-state index >= 15 is 0 Å². The Morgan fingerprint density at radius 2 is 2.22 bits per heavy atom. The van der Waals surface area contributed by atoms with Gasteiger partial charge < -0.3 is 5.32 Å². The molecule has 2 aliphatic carbocycles. The van der Waals surface area contributed by atoms with Crippen molar-refractivity contribution in [2.24, 2.45) is 24.3 Å². The Kier molecular flexibility index (Phi) is 3.18. The van der Waals surface area contributed by atoms with E-state index in [1.807, 2.05) is 17.9 Å². The Bertz CT molecular complexity index is 400. The third-order valence-electron chi connectivity index (χ3n) is 4.72. The summed E-state index contributed by atoms with van der Waals surface area (Å²) in [7, 11) is 2.01. The van der Waals surface area contributed by atoms with Gasteiger partial charge >= 0.3 is 0 Å². The summed E-state index contributed by atoms with van der Waals surface area (Å²) in [4.78, 5) is 0. The van der Waals surface area contributed by atoms with Gasteiger partial charge in [-0.3, -0.25) is 4.68 Å². The topological polar surface area (TPSA) is 29.9 Å². The minimum absolute atomic E-state index is 0.520. The zero-order valence-corrected chi connectivity index (χ0v) is 11.7. The van der Waals surface area contributed by atoms with Crippen molar-refractivity contribution >= 4 is 0 Å². The summed E-state index contributed by atoms with van der Waals surface area (Å²) in [5.41, 5.74) is 1.93. The summed E-state index contributed by atoms with van der Waals surface area (Å²) < 4.78 is 1.93. The van der Waals surface area contributed by atoms with Crippen LogP contribution < -0.4 is 5.32 Å². The van der Waals surface area contributed by atoms with Gasteiger partial charge in [-0.15, -0.1) is 0 Å². The monoisotopic (exact) mass is 247 g/mol. The van der Waals surface area contributed by atoms with E-state index in [1.54, 1.807) is 0 Å². The van der Waals surface area contributed by atoms with Crippen molar-refractivity contribution in [2.75, 3.05) is 13.1 Å². The van der Waals surface area contributed by atoms with Crippen molar-refractivity contribution in [1.82, 2.24) is 15.1 Å². The molecule has 0 saturated heterocycles. The summed E-state index contributed by atoms with van der Waals surface area (Å²) in [6.45, 7) is 4.60. The number of nitrogens with one attached hydrogen (secondary N) is 1. The average molecular weight is 247 g/mol. The van der Waals surface area contributed by atoms with Crippen LogP contribution in [0.3, 0.4) is 0 Å². The summed E-state index contributed by atoms with van der Waals surface area (Å²) in [6.07, 6.45) is 11.0. The van der Waals surface area contributed by atoms with Gasteiger partial charge in [0.25, 0.3) is 0 Å². The summed E-state index contributed by atoms with van der Waals surface area (Å²) in [6, 6.07) is 0. The largest absolute Gasteiger partial charge is 0.316 e. The summed E-state index contributed by atoms with van der Waals surface area (Å²) >= 11 is 0. The van der Waals surface area contributed by atoms with E-state index < -0.39 is 0 Å². The molecule has 2 saturated carbocycles. The fraction of sp³-hybridized carbons (Fsp3) is 0.800. The number of hydrogen-bond acceptors (Lipinski definition) is 2. The molecule has 1 N–H and O–H groups in total. The van der Waals surface area contributed by atoms with Gasteiger partial charge in [-0.2, -0.15) is 5.10 Å². The molecule has 1 aromatic rings. The van der Waals surface area contributed by atoms with Crippen LogP contribution >= 0.6 is 0 Å². The van der Waals surface area contributed by atoms with E-state index in [9.17, 15) is 0 Å². The van der Waals surface area contributed by atoms with Crippen LogP contribution in [0.15, 0.2) is 12.4 Å². The van der Waals surface area contributed by atoms with E-state index in [4.69, 9.17) is 0 Å². The highest BCUT2D eigenvalue weighted by Gasteiger charge is 2.53.